The molecule has 3 aromatic carbocycles. The van der Waals surface area contributed by atoms with Crippen molar-refractivity contribution < 1.29 is 0 Å². The Morgan fingerprint density at radius 2 is 0.565 bits per heavy atom. The Morgan fingerprint density at radius 3 is 0.783 bits per heavy atom. The second kappa shape index (κ2) is 13.3. The zero-order valence-electron chi connectivity index (χ0n) is 12.2. The van der Waals surface area contributed by atoms with E-state index in [1.807, 2.05) is 0 Å². The molecular formula is C18H19Br4P. The lowest BCUT2D eigenvalue weighted by Gasteiger charge is -2.18. The Labute approximate surface area is 181 Å². The van der Waals surface area contributed by atoms with Gasteiger partial charge in [0.1, 0.15) is 0 Å². The van der Waals surface area contributed by atoms with Crippen LogP contribution in [0.15, 0.2) is 91.0 Å². The van der Waals surface area contributed by atoms with Crippen LogP contribution >= 0.6 is 75.8 Å². The number of benzene rings is 3. The average Bonchev–Trinajstić information content (AvgIpc) is 2.51. The molecule has 0 N–H and O–H groups in total. The Morgan fingerprint density at radius 1 is 0.348 bits per heavy atom. The third-order valence-corrected chi connectivity index (χ3v) is 5.49. The molecule has 3 aromatic rings. The van der Waals surface area contributed by atoms with Crippen molar-refractivity contribution in [1.82, 2.24) is 0 Å². The van der Waals surface area contributed by atoms with Gasteiger partial charge in [0.2, 0.25) is 0 Å². The third-order valence-electron chi connectivity index (χ3n) is 3.04. The van der Waals surface area contributed by atoms with Gasteiger partial charge < -0.3 is 0 Å². The molecule has 0 nitrogen and oxygen atoms in total. The van der Waals surface area contributed by atoms with Crippen molar-refractivity contribution in [3.05, 3.63) is 91.0 Å². The van der Waals surface area contributed by atoms with Crippen molar-refractivity contribution in [3.63, 3.8) is 0 Å². The summed E-state index contributed by atoms with van der Waals surface area (Å²) in [6, 6.07) is 32.3. The summed E-state index contributed by atoms with van der Waals surface area (Å²) in [6.07, 6.45) is 0. The van der Waals surface area contributed by atoms with Crippen LogP contribution in [-0.4, -0.2) is 0 Å². The third kappa shape index (κ3) is 6.80. The van der Waals surface area contributed by atoms with E-state index < -0.39 is 7.92 Å². The summed E-state index contributed by atoms with van der Waals surface area (Å²) in [5.41, 5.74) is 0. The predicted octanol–water partition coefficient (Wildman–Crippen LogP) is 5.76. The van der Waals surface area contributed by atoms with E-state index in [9.17, 15) is 0 Å². The van der Waals surface area contributed by atoms with Crippen LogP contribution in [-0.2, 0) is 0 Å². The highest BCUT2D eigenvalue weighted by Crippen LogP contribution is 2.32. The molecule has 0 spiro atoms. The Hall–Kier alpha value is 0.0100. The maximum absolute atomic E-state index is 2.23. The average molecular weight is 586 g/mol. The molecule has 0 fully saturated rings. The van der Waals surface area contributed by atoms with Gasteiger partial charge in [-0.15, -0.1) is 67.9 Å². The van der Waals surface area contributed by atoms with E-state index in [-0.39, 0.29) is 67.9 Å². The van der Waals surface area contributed by atoms with E-state index in [1.165, 1.54) is 15.9 Å². The normalized spacial score (nSPS) is 8.74. The van der Waals surface area contributed by atoms with Crippen molar-refractivity contribution in [2.24, 2.45) is 0 Å². The molecule has 0 bridgehead atoms. The number of hydrogen-bond donors (Lipinski definition) is 0. The molecule has 23 heavy (non-hydrogen) atoms. The summed E-state index contributed by atoms with van der Waals surface area (Å²) < 4.78 is 0. The minimum Gasteiger partial charge on any atom is -0.114 e. The second-order valence-electron chi connectivity index (χ2n) is 4.34. The van der Waals surface area contributed by atoms with Gasteiger partial charge in [-0.1, -0.05) is 91.0 Å². The Kier molecular flexibility index (Phi) is 14.6. The van der Waals surface area contributed by atoms with E-state index in [0.29, 0.717) is 0 Å². The van der Waals surface area contributed by atoms with Gasteiger partial charge in [0, 0.05) is 0 Å². The molecule has 0 aliphatic heterocycles. The van der Waals surface area contributed by atoms with Crippen LogP contribution in [0.1, 0.15) is 0 Å². The first-order valence-corrected chi connectivity index (χ1v) is 7.74. The molecule has 5 heteroatoms. The maximum Gasteiger partial charge on any atom is -0.0134 e. The van der Waals surface area contributed by atoms with Gasteiger partial charge in [-0.2, -0.15) is 0 Å². The first-order chi connectivity index (χ1) is 9.45. The summed E-state index contributed by atoms with van der Waals surface area (Å²) in [5, 5.41) is 4.19. The molecule has 0 saturated carbocycles. The van der Waals surface area contributed by atoms with Crippen LogP contribution < -0.4 is 15.9 Å². The smallest absolute Gasteiger partial charge is 0.0134 e. The van der Waals surface area contributed by atoms with Gasteiger partial charge in [-0.3, -0.25) is 0 Å². The lowest BCUT2D eigenvalue weighted by atomic mass is 10.4. The molecule has 0 saturated heterocycles. The van der Waals surface area contributed by atoms with Crippen LogP contribution in [0, 0.1) is 0 Å². The van der Waals surface area contributed by atoms with Crippen LogP contribution in [0.2, 0.25) is 0 Å². The van der Waals surface area contributed by atoms with Crippen LogP contribution in [0.5, 0.6) is 0 Å². The zero-order chi connectivity index (χ0) is 12.9. The molecule has 0 aromatic heterocycles. The van der Waals surface area contributed by atoms with Crippen molar-refractivity contribution in [2.75, 3.05) is 0 Å². The molecule has 0 aliphatic carbocycles. The molecule has 124 valence electrons. The van der Waals surface area contributed by atoms with E-state index >= 15 is 0 Å². The topological polar surface area (TPSA) is 0 Å². The van der Waals surface area contributed by atoms with Gasteiger partial charge in [0.15, 0.2) is 0 Å². The zero-order valence-corrected chi connectivity index (χ0v) is 20.0. The molecule has 0 amide bonds. The van der Waals surface area contributed by atoms with E-state index in [1.54, 1.807) is 0 Å². The van der Waals surface area contributed by atoms with Crippen molar-refractivity contribution in [1.29, 1.82) is 0 Å². The summed E-state index contributed by atoms with van der Waals surface area (Å²) in [4.78, 5) is 0. The highest BCUT2D eigenvalue weighted by Gasteiger charge is 2.14. The van der Waals surface area contributed by atoms with Gasteiger partial charge in [-0.25, -0.2) is 0 Å². The SMILES string of the molecule is Br.Br.Br.Br.c1ccc(P(c2ccccc2)c2ccccc2)cc1. The van der Waals surface area contributed by atoms with Crippen molar-refractivity contribution in [2.45, 2.75) is 0 Å². The minimum absolute atomic E-state index is 0. The second-order valence-corrected chi connectivity index (χ2v) is 6.56. The van der Waals surface area contributed by atoms with E-state index in [2.05, 4.69) is 91.0 Å². The highest BCUT2D eigenvalue weighted by atomic mass is 79.9. The number of rotatable bonds is 3. The summed E-state index contributed by atoms with van der Waals surface area (Å²) >= 11 is 0. The van der Waals surface area contributed by atoms with E-state index in [4.69, 9.17) is 0 Å². The summed E-state index contributed by atoms with van der Waals surface area (Å²) in [6.45, 7) is 0. The molecule has 0 atom stereocenters. The van der Waals surface area contributed by atoms with Crippen LogP contribution in [0.25, 0.3) is 0 Å². The molecule has 0 unspecified atom stereocenters. The fourth-order valence-corrected chi connectivity index (χ4v) is 4.48. The summed E-state index contributed by atoms with van der Waals surface area (Å²) in [7, 11) is -0.446. The van der Waals surface area contributed by atoms with Gasteiger partial charge in [-0.05, 0) is 23.8 Å². The number of halogens is 4. The standard InChI is InChI=1S/C18H15P.4BrH/c1-4-10-16(11-5-1)19(17-12-6-2-7-13-17)18-14-8-3-9-15-18;;;;/h1-15H;4*1H. The van der Waals surface area contributed by atoms with Crippen molar-refractivity contribution >= 4 is 91.8 Å². The van der Waals surface area contributed by atoms with Crippen LogP contribution in [0.4, 0.5) is 0 Å². The first kappa shape index (κ1) is 25.3. The highest BCUT2D eigenvalue weighted by molar-refractivity contribution is 8.93. The van der Waals surface area contributed by atoms with Crippen molar-refractivity contribution in [3.8, 4) is 0 Å². The lowest BCUT2D eigenvalue weighted by Crippen LogP contribution is -2.20. The van der Waals surface area contributed by atoms with Crippen LogP contribution in [0.3, 0.4) is 0 Å². The van der Waals surface area contributed by atoms with Gasteiger partial charge in [0.25, 0.3) is 0 Å². The molecular weight excluding hydrogens is 567 g/mol. The summed E-state index contributed by atoms with van der Waals surface area (Å²) in [5.74, 6) is 0. The fraction of sp³-hybridized carbons (Fsp3) is 0. The molecule has 0 heterocycles. The quantitative estimate of drug-likeness (QED) is 0.343. The molecule has 0 radical (unpaired) electrons. The van der Waals surface area contributed by atoms with Gasteiger partial charge in [0.05, 0.1) is 0 Å². The number of hydrogen-bond acceptors (Lipinski definition) is 0. The minimum atomic E-state index is -0.446. The maximum atomic E-state index is 2.23. The lowest BCUT2D eigenvalue weighted by molar-refractivity contribution is 1.74. The fourth-order valence-electron chi connectivity index (χ4n) is 2.18. The Balaban J connectivity index is 0. The monoisotopic (exact) mass is 582 g/mol. The first-order valence-electron chi connectivity index (χ1n) is 6.40. The Bertz CT molecular complexity index is 539. The molecule has 3 rings (SSSR count). The predicted molar refractivity (Wildman–Crippen MR) is 126 cm³/mol. The van der Waals surface area contributed by atoms with Gasteiger partial charge >= 0.3 is 0 Å². The molecule has 0 aliphatic rings. The largest absolute Gasteiger partial charge is 0.114 e. The van der Waals surface area contributed by atoms with E-state index in [0.717, 1.165) is 0 Å².